The van der Waals surface area contributed by atoms with Gasteiger partial charge in [-0.1, -0.05) is 38.8 Å². The molecule has 0 heterocycles. The Kier molecular flexibility index (Phi) is 7.16. The predicted molar refractivity (Wildman–Crippen MR) is 48.6 cm³/mol. The Hall–Kier alpha value is 0.0300. The van der Waals surface area contributed by atoms with Crippen molar-refractivity contribution >= 4 is 11.6 Å². The van der Waals surface area contributed by atoms with Crippen LogP contribution in [0, 0.1) is 0 Å². The summed E-state index contributed by atoms with van der Waals surface area (Å²) in [5.74, 6) is 0. The molecule has 0 saturated carbocycles. The molecule has 10 heavy (non-hydrogen) atoms. The summed E-state index contributed by atoms with van der Waals surface area (Å²) < 4.78 is 0. The van der Waals surface area contributed by atoms with Gasteiger partial charge in [0.2, 0.25) is 0 Å². The first-order valence-corrected chi connectivity index (χ1v) is 4.55. The van der Waals surface area contributed by atoms with E-state index in [2.05, 4.69) is 26.0 Å². The maximum Gasteiger partial charge on any atom is 0.0515 e. The summed E-state index contributed by atoms with van der Waals surface area (Å²) in [7, 11) is 0. The SMILES string of the molecule is CCC/C=C/C(Cl)CCC. The van der Waals surface area contributed by atoms with Crippen LogP contribution in [0.15, 0.2) is 12.2 Å². The fraction of sp³-hybridized carbons (Fsp3) is 0.778. The molecule has 0 aliphatic rings. The fourth-order valence-corrected chi connectivity index (χ4v) is 1.10. The third-order valence-corrected chi connectivity index (χ3v) is 1.73. The molecule has 0 aromatic rings. The topological polar surface area (TPSA) is 0 Å². The highest BCUT2D eigenvalue weighted by Crippen LogP contribution is 2.06. The summed E-state index contributed by atoms with van der Waals surface area (Å²) in [4.78, 5) is 0. The van der Waals surface area contributed by atoms with E-state index in [-0.39, 0.29) is 5.38 Å². The van der Waals surface area contributed by atoms with Crippen LogP contribution in [-0.2, 0) is 0 Å². The third-order valence-electron chi connectivity index (χ3n) is 1.36. The van der Waals surface area contributed by atoms with Crippen LogP contribution in [0.4, 0.5) is 0 Å². The van der Waals surface area contributed by atoms with Gasteiger partial charge in [0.15, 0.2) is 0 Å². The van der Waals surface area contributed by atoms with Gasteiger partial charge in [0.25, 0.3) is 0 Å². The number of unbranched alkanes of at least 4 members (excludes halogenated alkanes) is 1. The van der Waals surface area contributed by atoms with Crippen molar-refractivity contribution in [2.75, 3.05) is 0 Å². The van der Waals surface area contributed by atoms with Crippen molar-refractivity contribution in [2.24, 2.45) is 0 Å². The lowest BCUT2D eigenvalue weighted by atomic mass is 10.2. The molecule has 0 rings (SSSR count). The van der Waals surface area contributed by atoms with Crippen LogP contribution in [0.3, 0.4) is 0 Å². The van der Waals surface area contributed by atoms with Gasteiger partial charge in [-0.3, -0.25) is 0 Å². The minimum Gasteiger partial charge on any atom is -0.118 e. The normalized spacial score (nSPS) is 14.3. The molecule has 0 saturated heterocycles. The quantitative estimate of drug-likeness (QED) is 0.425. The van der Waals surface area contributed by atoms with Crippen molar-refractivity contribution in [1.82, 2.24) is 0 Å². The second kappa shape index (κ2) is 7.14. The van der Waals surface area contributed by atoms with E-state index in [1.165, 1.54) is 12.8 Å². The lowest BCUT2D eigenvalue weighted by molar-refractivity contribution is 0.816. The average Bonchev–Trinajstić information content (AvgIpc) is 1.89. The lowest BCUT2D eigenvalue weighted by Gasteiger charge is -1.98. The van der Waals surface area contributed by atoms with E-state index in [0.29, 0.717) is 0 Å². The van der Waals surface area contributed by atoms with Gasteiger partial charge >= 0.3 is 0 Å². The van der Waals surface area contributed by atoms with Crippen molar-refractivity contribution in [3.63, 3.8) is 0 Å². The van der Waals surface area contributed by atoms with E-state index in [1.807, 2.05) is 0 Å². The molecule has 0 aromatic carbocycles. The number of hydrogen-bond donors (Lipinski definition) is 0. The molecular weight excluding hydrogens is 144 g/mol. The summed E-state index contributed by atoms with van der Waals surface area (Å²) >= 11 is 5.93. The van der Waals surface area contributed by atoms with Gasteiger partial charge in [-0.15, -0.1) is 11.6 Å². The van der Waals surface area contributed by atoms with E-state index in [4.69, 9.17) is 11.6 Å². The van der Waals surface area contributed by atoms with Crippen LogP contribution in [0.1, 0.15) is 39.5 Å². The molecule has 0 aliphatic carbocycles. The molecule has 0 N–H and O–H groups in total. The van der Waals surface area contributed by atoms with Crippen molar-refractivity contribution in [3.05, 3.63) is 12.2 Å². The van der Waals surface area contributed by atoms with Crippen LogP contribution in [0.2, 0.25) is 0 Å². The van der Waals surface area contributed by atoms with Gasteiger partial charge in [-0.25, -0.2) is 0 Å². The van der Waals surface area contributed by atoms with E-state index in [1.54, 1.807) is 0 Å². The van der Waals surface area contributed by atoms with Crippen LogP contribution in [0.5, 0.6) is 0 Å². The standard InChI is InChI=1S/C9H17Cl/c1-3-5-6-8-9(10)7-4-2/h6,8-9H,3-5,7H2,1-2H3/b8-6+. The van der Waals surface area contributed by atoms with Crippen LogP contribution in [-0.4, -0.2) is 5.38 Å². The highest BCUT2D eigenvalue weighted by atomic mass is 35.5. The molecule has 1 heteroatoms. The van der Waals surface area contributed by atoms with Crippen LogP contribution in [0.25, 0.3) is 0 Å². The van der Waals surface area contributed by atoms with Gasteiger partial charge in [0.1, 0.15) is 0 Å². The molecule has 1 unspecified atom stereocenters. The number of allylic oxidation sites excluding steroid dienone is 2. The monoisotopic (exact) mass is 160 g/mol. The van der Waals surface area contributed by atoms with Crippen molar-refractivity contribution in [1.29, 1.82) is 0 Å². The van der Waals surface area contributed by atoms with Crippen LogP contribution >= 0.6 is 11.6 Å². The number of alkyl halides is 1. The summed E-state index contributed by atoms with van der Waals surface area (Å²) in [6.45, 7) is 4.33. The third kappa shape index (κ3) is 6.15. The van der Waals surface area contributed by atoms with Gasteiger partial charge in [-0.05, 0) is 12.8 Å². The first kappa shape index (κ1) is 10.0. The lowest BCUT2D eigenvalue weighted by Crippen LogP contribution is -1.90. The Morgan fingerprint density at radius 3 is 2.50 bits per heavy atom. The fourth-order valence-electron chi connectivity index (χ4n) is 0.783. The molecule has 0 fully saturated rings. The number of halogens is 1. The molecule has 0 bridgehead atoms. The maximum atomic E-state index is 5.93. The molecule has 0 aromatic heterocycles. The highest BCUT2D eigenvalue weighted by molar-refractivity contribution is 6.21. The Labute approximate surface area is 69.3 Å². The number of rotatable bonds is 5. The molecule has 0 nitrogen and oxygen atoms in total. The average molecular weight is 161 g/mol. The second-order valence-corrected chi connectivity index (χ2v) is 3.08. The molecule has 0 radical (unpaired) electrons. The molecule has 60 valence electrons. The minimum absolute atomic E-state index is 0.261. The van der Waals surface area contributed by atoms with Crippen LogP contribution < -0.4 is 0 Å². The van der Waals surface area contributed by atoms with Gasteiger partial charge in [-0.2, -0.15) is 0 Å². The minimum atomic E-state index is 0.261. The molecule has 0 amide bonds. The zero-order valence-electron chi connectivity index (χ0n) is 6.94. The van der Waals surface area contributed by atoms with Crippen molar-refractivity contribution in [3.8, 4) is 0 Å². The van der Waals surface area contributed by atoms with Crippen molar-refractivity contribution in [2.45, 2.75) is 44.9 Å². The van der Waals surface area contributed by atoms with E-state index >= 15 is 0 Å². The van der Waals surface area contributed by atoms with E-state index in [9.17, 15) is 0 Å². The Morgan fingerprint density at radius 2 is 2.00 bits per heavy atom. The molecule has 0 spiro atoms. The summed E-state index contributed by atoms with van der Waals surface area (Å²) in [5.41, 5.74) is 0. The molecular formula is C9H17Cl. The van der Waals surface area contributed by atoms with Gasteiger partial charge < -0.3 is 0 Å². The summed E-state index contributed by atoms with van der Waals surface area (Å²) in [6.07, 6.45) is 8.92. The zero-order chi connectivity index (χ0) is 7.82. The van der Waals surface area contributed by atoms with E-state index < -0.39 is 0 Å². The Bertz CT molecular complexity index is 86.7. The molecule has 1 atom stereocenters. The first-order valence-electron chi connectivity index (χ1n) is 4.12. The smallest absolute Gasteiger partial charge is 0.0515 e. The summed E-state index contributed by atoms with van der Waals surface area (Å²) in [5, 5.41) is 0.261. The Morgan fingerprint density at radius 1 is 1.30 bits per heavy atom. The van der Waals surface area contributed by atoms with Gasteiger partial charge in [0.05, 0.1) is 5.38 Å². The van der Waals surface area contributed by atoms with Gasteiger partial charge in [0, 0.05) is 0 Å². The highest BCUT2D eigenvalue weighted by Gasteiger charge is 1.94. The second-order valence-electron chi connectivity index (χ2n) is 2.52. The zero-order valence-corrected chi connectivity index (χ0v) is 7.69. The maximum absolute atomic E-state index is 5.93. The van der Waals surface area contributed by atoms with E-state index in [0.717, 1.165) is 12.8 Å². The summed E-state index contributed by atoms with van der Waals surface area (Å²) in [6, 6.07) is 0. The largest absolute Gasteiger partial charge is 0.118 e. The Balaban J connectivity index is 3.26. The van der Waals surface area contributed by atoms with Crippen molar-refractivity contribution < 1.29 is 0 Å². The molecule has 0 aliphatic heterocycles. The predicted octanol–water partition coefficient (Wildman–Crippen LogP) is 3.75. The first-order chi connectivity index (χ1) is 4.81. The number of hydrogen-bond acceptors (Lipinski definition) is 0.